The molecule has 0 unspecified atom stereocenters. The maximum atomic E-state index is 12.0. The summed E-state index contributed by atoms with van der Waals surface area (Å²) in [5, 5.41) is 0. The SMILES string of the molecule is CCOc1ccc(C2=N/C(=C/c3cccc(OC)c3)C(=O)O2)cc1. The zero-order valence-corrected chi connectivity index (χ0v) is 13.5. The molecule has 5 heteroatoms. The minimum absolute atomic E-state index is 0.257. The zero-order valence-electron chi connectivity index (χ0n) is 13.5. The molecule has 0 atom stereocenters. The molecule has 0 saturated carbocycles. The third-order valence-corrected chi connectivity index (χ3v) is 3.43. The van der Waals surface area contributed by atoms with Crippen molar-refractivity contribution in [2.75, 3.05) is 13.7 Å². The van der Waals surface area contributed by atoms with Crippen LogP contribution in [-0.2, 0) is 9.53 Å². The van der Waals surface area contributed by atoms with Gasteiger partial charge in [-0.15, -0.1) is 0 Å². The van der Waals surface area contributed by atoms with Gasteiger partial charge in [-0.05, 0) is 55.0 Å². The highest BCUT2D eigenvalue weighted by Gasteiger charge is 2.24. The fourth-order valence-electron chi connectivity index (χ4n) is 2.28. The number of benzene rings is 2. The van der Waals surface area contributed by atoms with E-state index in [0.29, 0.717) is 12.4 Å². The van der Waals surface area contributed by atoms with E-state index in [1.165, 1.54) is 0 Å². The van der Waals surface area contributed by atoms with E-state index in [1.54, 1.807) is 13.2 Å². The summed E-state index contributed by atoms with van der Waals surface area (Å²) in [6.45, 7) is 2.52. The molecular weight excluding hydrogens is 306 g/mol. The largest absolute Gasteiger partial charge is 0.497 e. The highest BCUT2D eigenvalue weighted by atomic mass is 16.6. The molecule has 0 N–H and O–H groups in total. The van der Waals surface area contributed by atoms with E-state index in [-0.39, 0.29) is 11.6 Å². The minimum Gasteiger partial charge on any atom is -0.497 e. The van der Waals surface area contributed by atoms with Gasteiger partial charge in [0.1, 0.15) is 11.5 Å². The van der Waals surface area contributed by atoms with Crippen molar-refractivity contribution in [3.63, 3.8) is 0 Å². The number of nitrogens with zero attached hydrogens (tertiary/aromatic N) is 1. The Morgan fingerprint density at radius 1 is 1.12 bits per heavy atom. The molecule has 0 bridgehead atoms. The number of esters is 1. The van der Waals surface area contributed by atoms with Crippen LogP contribution in [0.4, 0.5) is 0 Å². The number of hydrogen-bond donors (Lipinski definition) is 0. The van der Waals surface area contributed by atoms with Gasteiger partial charge >= 0.3 is 5.97 Å². The Morgan fingerprint density at radius 2 is 1.92 bits per heavy atom. The first kappa shape index (κ1) is 15.8. The predicted molar refractivity (Wildman–Crippen MR) is 91.2 cm³/mol. The van der Waals surface area contributed by atoms with E-state index >= 15 is 0 Å². The lowest BCUT2D eigenvalue weighted by atomic mass is 10.2. The van der Waals surface area contributed by atoms with Crippen molar-refractivity contribution in [2.24, 2.45) is 4.99 Å². The third-order valence-electron chi connectivity index (χ3n) is 3.43. The normalized spacial score (nSPS) is 15.2. The molecule has 0 aromatic heterocycles. The van der Waals surface area contributed by atoms with E-state index < -0.39 is 5.97 Å². The van der Waals surface area contributed by atoms with Crippen molar-refractivity contribution in [3.8, 4) is 11.5 Å². The Kier molecular flexibility index (Phi) is 4.61. The summed E-state index contributed by atoms with van der Waals surface area (Å²) in [6.07, 6.45) is 1.67. The maximum absolute atomic E-state index is 12.0. The summed E-state index contributed by atoms with van der Waals surface area (Å²) < 4.78 is 15.8. The molecular formula is C19H17NO4. The monoisotopic (exact) mass is 323 g/mol. The third kappa shape index (κ3) is 3.46. The second-order valence-electron chi connectivity index (χ2n) is 5.07. The lowest BCUT2D eigenvalue weighted by molar-refractivity contribution is -0.129. The van der Waals surface area contributed by atoms with Gasteiger partial charge in [-0.25, -0.2) is 9.79 Å². The van der Waals surface area contributed by atoms with Gasteiger partial charge in [0.25, 0.3) is 0 Å². The Morgan fingerprint density at radius 3 is 2.62 bits per heavy atom. The van der Waals surface area contributed by atoms with Crippen LogP contribution >= 0.6 is 0 Å². The molecule has 5 nitrogen and oxygen atoms in total. The molecule has 3 rings (SSSR count). The van der Waals surface area contributed by atoms with E-state index in [0.717, 1.165) is 16.9 Å². The fraction of sp³-hybridized carbons (Fsp3) is 0.158. The first-order chi connectivity index (χ1) is 11.7. The van der Waals surface area contributed by atoms with Crippen LogP contribution in [0.25, 0.3) is 6.08 Å². The van der Waals surface area contributed by atoms with Crippen LogP contribution in [0.2, 0.25) is 0 Å². The molecule has 122 valence electrons. The lowest BCUT2D eigenvalue weighted by Crippen LogP contribution is -2.05. The number of hydrogen-bond acceptors (Lipinski definition) is 5. The van der Waals surface area contributed by atoms with Gasteiger partial charge in [-0.3, -0.25) is 0 Å². The highest BCUT2D eigenvalue weighted by molar-refractivity contribution is 6.12. The van der Waals surface area contributed by atoms with Gasteiger partial charge in [0.2, 0.25) is 5.90 Å². The quantitative estimate of drug-likeness (QED) is 0.625. The van der Waals surface area contributed by atoms with Gasteiger partial charge < -0.3 is 14.2 Å². The Labute approximate surface area is 140 Å². The molecule has 0 aliphatic carbocycles. The van der Waals surface area contributed by atoms with Crippen LogP contribution in [0.5, 0.6) is 11.5 Å². The number of carbonyl (C=O) groups excluding carboxylic acids is 1. The molecule has 2 aromatic carbocycles. The summed E-state index contributed by atoms with van der Waals surface area (Å²) in [7, 11) is 1.60. The Balaban J connectivity index is 1.85. The number of ether oxygens (including phenoxy) is 3. The summed E-state index contributed by atoms with van der Waals surface area (Å²) >= 11 is 0. The second-order valence-corrected chi connectivity index (χ2v) is 5.07. The van der Waals surface area contributed by atoms with Crippen molar-refractivity contribution in [1.82, 2.24) is 0 Å². The van der Waals surface area contributed by atoms with E-state index in [4.69, 9.17) is 14.2 Å². The van der Waals surface area contributed by atoms with Crippen LogP contribution in [0.1, 0.15) is 18.1 Å². The molecule has 1 heterocycles. The van der Waals surface area contributed by atoms with Crippen molar-refractivity contribution in [1.29, 1.82) is 0 Å². The molecule has 2 aromatic rings. The van der Waals surface area contributed by atoms with Crippen LogP contribution in [-0.4, -0.2) is 25.6 Å². The molecule has 0 spiro atoms. The van der Waals surface area contributed by atoms with E-state index in [9.17, 15) is 4.79 Å². The summed E-state index contributed by atoms with van der Waals surface area (Å²) in [6, 6.07) is 14.6. The summed E-state index contributed by atoms with van der Waals surface area (Å²) in [5.74, 6) is 1.30. The molecule has 0 radical (unpaired) electrons. The fourth-order valence-corrected chi connectivity index (χ4v) is 2.28. The van der Waals surface area contributed by atoms with Crippen molar-refractivity contribution in [3.05, 3.63) is 65.4 Å². The molecule has 0 amide bonds. The Hall–Kier alpha value is -3.08. The molecule has 1 aliphatic heterocycles. The Bertz CT molecular complexity index is 806. The number of methoxy groups -OCH3 is 1. The first-order valence-corrected chi connectivity index (χ1v) is 7.59. The number of carbonyl (C=O) groups is 1. The second kappa shape index (κ2) is 7.00. The number of rotatable bonds is 5. The van der Waals surface area contributed by atoms with Crippen LogP contribution in [0, 0.1) is 0 Å². The van der Waals surface area contributed by atoms with Crippen LogP contribution < -0.4 is 9.47 Å². The lowest BCUT2D eigenvalue weighted by Gasteiger charge is -2.03. The molecule has 0 saturated heterocycles. The first-order valence-electron chi connectivity index (χ1n) is 7.59. The number of cyclic esters (lactones) is 1. The van der Waals surface area contributed by atoms with Crippen molar-refractivity contribution >= 4 is 17.9 Å². The standard InChI is InChI=1S/C19H17NO4/c1-3-23-15-9-7-14(8-10-15)18-20-17(19(21)24-18)12-13-5-4-6-16(11-13)22-2/h4-12H,3H2,1-2H3/b17-12+. The van der Waals surface area contributed by atoms with Gasteiger partial charge in [-0.2, -0.15) is 0 Å². The van der Waals surface area contributed by atoms with Gasteiger partial charge in [-0.1, -0.05) is 12.1 Å². The maximum Gasteiger partial charge on any atom is 0.363 e. The minimum atomic E-state index is -0.471. The van der Waals surface area contributed by atoms with E-state index in [2.05, 4.69) is 4.99 Å². The average Bonchev–Trinajstić information content (AvgIpc) is 2.97. The van der Waals surface area contributed by atoms with Crippen LogP contribution in [0.15, 0.2) is 59.2 Å². The molecule has 24 heavy (non-hydrogen) atoms. The zero-order chi connectivity index (χ0) is 16.9. The summed E-state index contributed by atoms with van der Waals surface area (Å²) in [4.78, 5) is 16.3. The topological polar surface area (TPSA) is 57.1 Å². The highest BCUT2D eigenvalue weighted by Crippen LogP contribution is 2.22. The van der Waals surface area contributed by atoms with Crippen molar-refractivity contribution < 1.29 is 19.0 Å². The molecule has 0 fully saturated rings. The van der Waals surface area contributed by atoms with Crippen LogP contribution in [0.3, 0.4) is 0 Å². The average molecular weight is 323 g/mol. The predicted octanol–water partition coefficient (Wildman–Crippen LogP) is 3.44. The number of aliphatic imine (C=N–C) groups is 1. The van der Waals surface area contributed by atoms with Crippen molar-refractivity contribution in [2.45, 2.75) is 6.92 Å². The molecule has 1 aliphatic rings. The van der Waals surface area contributed by atoms with E-state index in [1.807, 2.05) is 55.5 Å². The van der Waals surface area contributed by atoms with Gasteiger partial charge in [0, 0.05) is 5.56 Å². The van der Waals surface area contributed by atoms with Gasteiger partial charge in [0.15, 0.2) is 5.70 Å². The van der Waals surface area contributed by atoms with Gasteiger partial charge in [0.05, 0.1) is 13.7 Å². The smallest absolute Gasteiger partial charge is 0.363 e. The summed E-state index contributed by atoms with van der Waals surface area (Å²) in [5.41, 5.74) is 1.80.